The maximum Gasteiger partial charge on any atom is 0.348 e. The molecule has 1 aliphatic heterocycles. The number of carbonyl (C=O) groups is 2. The Kier molecular flexibility index (Phi) is 3.88. The Bertz CT molecular complexity index is 576. The molecule has 1 unspecified atom stereocenters. The van der Waals surface area contributed by atoms with Crippen molar-refractivity contribution in [3.05, 3.63) is 21.9 Å². The lowest BCUT2D eigenvalue weighted by Gasteiger charge is -2.33. The molecule has 116 valence electrons. The molecule has 1 amide bonds. The molecule has 1 atom stereocenters. The van der Waals surface area contributed by atoms with Crippen LogP contribution in [0.2, 0.25) is 0 Å². The zero-order valence-corrected chi connectivity index (χ0v) is 13.8. The predicted octanol–water partition coefficient (Wildman–Crippen LogP) is 2.25. The van der Waals surface area contributed by atoms with Crippen LogP contribution in [0, 0.1) is 10.8 Å². The molecule has 0 radical (unpaired) electrons. The van der Waals surface area contributed by atoms with Crippen LogP contribution in [-0.4, -0.2) is 35.2 Å². The third-order valence-corrected chi connectivity index (χ3v) is 5.74. The molecule has 5 nitrogen and oxygen atoms in total. The van der Waals surface area contributed by atoms with E-state index in [4.69, 9.17) is 4.74 Å². The summed E-state index contributed by atoms with van der Waals surface area (Å²) in [5.74, 6) is -0.526. The van der Waals surface area contributed by atoms with Gasteiger partial charge in [-0.25, -0.2) is 4.79 Å². The Morgan fingerprint density at radius 1 is 1.43 bits per heavy atom. The van der Waals surface area contributed by atoms with E-state index < -0.39 is 23.0 Å². The maximum atomic E-state index is 12.6. The highest BCUT2D eigenvalue weighted by Crippen LogP contribution is 2.50. The Labute approximate surface area is 128 Å². The van der Waals surface area contributed by atoms with Crippen LogP contribution in [0.5, 0.6) is 0 Å². The SMILES string of the molecule is COC(=O)c1sccc1CN1C(=O)C(C)(C)C(C)(C)C1O. The molecule has 1 saturated heterocycles. The molecule has 0 spiro atoms. The Morgan fingerprint density at radius 2 is 2.05 bits per heavy atom. The number of nitrogens with zero attached hydrogens (tertiary/aromatic N) is 1. The molecule has 1 aliphatic rings. The normalized spacial score (nSPS) is 23.4. The summed E-state index contributed by atoms with van der Waals surface area (Å²) in [6.45, 7) is 7.65. The minimum absolute atomic E-state index is 0.109. The fraction of sp³-hybridized carbons (Fsp3) is 0.600. The number of thiophene rings is 1. The van der Waals surface area contributed by atoms with Crippen LogP contribution in [0.3, 0.4) is 0 Å². The second-order valence-electron chi connectivity index (χ2n) is 6.42. The van der Waals surface area contributed by atoms with E-state index in [0.717, 1.165) is 0 Å². The lowest BCUT2D eigenvalue weighted by Crippen LogP contribution is -2.38. The zero-order valence-electron chi connectivity index (χ0n) is 13.0. The van der Waals surface area contributed by atoms with E-state index in [9.17, 15) is 14.7 Å². The number of amides is 1. The first kappa shape index (κ1) is 16.0. The maximum absolute atomic E-state index is 12.6. The number of carbonyl (C=O) groups excluding carboxylic acids is 2. The first-order chi connectivity index (χ1) is 9.64. The minimum atomic E-state index is -0.884. The standard InChI is InChI=1S/C15H21NO4S/c1-14(2)12(18)16(13(19)15(14,3)4)8-9-6-7-21-10(9)11(17)20-5/h6-7,12,18H,8H2,1-5H3. The van der Waals surface area contributed by atoms with E-state index in [1.54, 1.807) is 11.4 Å². The number of aliphatic hydroxyl groups is 1. The van der Waals surface area contributed by atoms with Gasteiger partial charge in [0.05, 0.1) is 12.5 Å². The highest BCUT2D eigenvalue weighted by Gasteiger charge is 2.58. The number of hydrogen-bond acceptors (Lipinski definition) is 5. The average molecular weight is 311 g/mol. The number of ether oxygens (including phenoxy) is 1. The van der Waals surface area contributed by atoms with Crippen LogP contribution >= 0.6 is 11.3 Å². The van der Waals surface area contributed by atoms with Crippen LogP contribution in [0.1, 0.15) is 42.9 Å². The van der Waals surface area contributed by atoms with Crippen LogP contribution < -0.4 is 0 Å². The van der Waals surface area contributed by atoms with Crippen molar-refractivity contribution in [3.8, 4) is 0 Å². The van der Waals surface area contributed by atoms with Gasteiger partial charge in [0, 0.05) is 12.0 Å². The first-order valence-corrected chi connectivity index (χ1v) is 7.66. The second kappa shape index (κ2) is 5.10. The summed E-state index contributed by atoms with van der Waals surface area (Å²) in [5, 5.41) is 12.3. The third-order valence-electron chi connectivity index (χ3n) is 4.81. The Hall–Kier alpha value is -1.40. The van der Waals surface area contributed by atoms with Crippen LogP contribution in [-0.2, 0) is 16.1 Å². The zero-order chi connectivity index (χ0) is 16.0. The average Bonchev–Trinajstić information content (AvgIpc) is 2.93. The molecule has 0 aromatic carbocycles. The number of aliphatic hydroxyl groups excluding tert-OH is 1. The van der Waals surface area contributed by atoms with E-state index in [1.165, 1.54) is 23.3 Å². The van der Waals surface area contributed by atoms with E-state index in [-0.39, 0.29) is 12.5 Å². The second-order valence-corrected chi connectivity index (χ2v) is 7.34. The molecule has 1 aromatic rings. The van der Waals surface area contributed by atoms with Gasteiger partial charge >= 0.3 is 5.97 Å². The molecule has 0 saturated carbocycles. The van der Waals surface area contributed by atoms with Crippen molar-refractivity contribution in [1.82, 2.24) is 4.90 Å². The van der Waals surface area contributed by atoms with Crippen molar-refractivity contribution in [2.75, 3.05) is 7.11 Å². The van der Waals surface area contributed by atoms with E-state index in [1.807, 2.05) is 27.7 Å². The van der Waals surface area contributed by atoms with Gasteiger partial charge in [-0.1, -0.05) is 27.7 Å². The van der Waals surface area contributed by atoms with Crippen molar-refractivity contribution in [1.29, 1.82) is 0 Å². The van der Waals surface area contributed by atoms with Gasteiger partial charge in [-0.3, -0.25) is 4.79 Å². The van der Waals surface area contributed by atoms with Crippen LogP contribution in [0.4, 0.5) is 0 Å². The monoisotopic (exact) mass is 311 g/mol. The van der Waals surface area contributed by atoms with Gasteiger partial charge in [0.25, 0.3) is 0 Å². The summed E-state index contributed by atoms with van der Waals surface area (Å²) in [5.41, 5.74) is -0.521. The molecule has 1 fully saturated rings. The van der Waals surface area contributed by atoms with Crippen LogP contribution in [0.25, 0.3) is 0 Å². The summed E-state index contributed by atoms with van der Waals surface area (Å²) in [6, 6.07) is 1.79. The fourth-order valence-electron chi connectivity index (χ4n) is 2.53. The van der Waals surface area contributed by atoms with Crippen molar-refractivity contribution in [3.63, 3.8) is 0 Å². The number of esters is 1. The minimum Gasteiger partial charge on any atom is -0.465 e. The van der Waals surface area contributed by atoms with Crippen molar-refractivity contribution in [2.24, 2.45) is 10.8 Å². The number of methoxy groups -OCH3 is 1. The summed E-state index contributed by atoms with van der Waals surface area (Å²) in [6.07, 6.45) is -0.884. The number of hydrogen-bond donors (Lipinski definition) is 1. The number of likely N-dealkylation sites (tertiary alicyclic amines) is 1. The molecule has 2 heterocycles. The molecule has 0 bridgehead atoms. The lowest BCUT2D eigenvalue weighted by atomic mass is 9.69. The summed E-state index contributed by atoms with van der Waals surface area (Å²) in [7, 11) is 1.33. The Morgan fingerprint density at radius 3 is 2.52 bits per heavy atom. The largest absolute Gasteiger partial charge is 0.465 e. The summed E-state index contributed by atoms with van der Waals surface area (Å²) >= 11 is 1.27. The summed E-state index contributed by atoms with van der Waals surface area (Å²) in [4.78, 5) is 26.2. The molecule has 21 heavy (non-hydrogen) atoms. The van der Waals surface area contributed by atoms with E-state index >= 15 is 0 Å². The molecule has 0 aliphatic carbocycles. The Balaban J connectivity index is 2.31. The van der Waals surface area contributed by atoms with Gasteiger partial charge in [-0.15, -0.1) is 11.3 Å². The van der Waals surface area contributed by atoms with E-state index in [0.29, 0.717) is 10.4 Å². The topological polar surface area (TPSA) is 66.8 Å². The molecule has 1 N–H and O–H groups in total. The van der Waals surface area contributed by atoms with Gasteiger partial charge in [0.15, 0.2) is 0 Å². The molecular formula is C15H21NO4S. The van der Waals surface area contributed by atoms with Crippen molar-refractivity contribution in [2.45, 2.75) is 40.5 Å². The summed E-state index contributed by atoms with van der Waals surface area (Å²) < 4.78 is 4.74. The number of rotatable bonds is 3. The molecule has 2 rings (SSSR count). The van der Waals surface area contributed by atoms with Gasteiger partial charge in [0.1, 0.15) is 11.1 Å². The molecular weight excluding hydrogens is 290 g/mol. The highest BCUT2D eigenvalue weighted by atomic mass is 32.1. The van der Waals surface area contributed by atoms with Crippen LogP contribution in [0.15, 0.2) is 11.4 Å². The fourth-order valence-corrected chi connectivity index (χ4v) is 3.36. The van der Waals surface area contributed by atoms with E-state index in [2.05, 4.69) is 0 Å². The van der Waals surface area contributed by atoms with Gasteiger partial charge < -0.3 is 14.7 Å². The molecule has 1 aromatic heterocycles. The van der Waals surface area contributed by atoms with Crippen molar-refractivity contribution < 1.29 is 19.4 Å². The molecule has 6 heteroatoms. The lowest BCUT2D eigenvalue weighted by molar-refractivity contribution is -0.139. The first-order valence-electron chi connectivity index (χ1n) is 6.78. The van der Waals surface area contributed by atoms with Crippen molar-refractivity contribution >= 4 is 23.2 Å². The quantitative estimate of drug-likeness (QED) is 0.870. The third kappa shape index (κ3) is 2.26. The highest BCUT2D eigenvalue weighted by molar-refractivity contribution is 7.12. The van der Waals surface area contributed by atoms with Gasteiger partial charge in [-0.2, -0.15) is 0 Å². The predicted molar refractivity (Wildman–Crippen MR) is 79.8 cm³/mol. The van der Waals surface area contributed by atoms with Gasteiger partial charge in [0.2, 0.25) is 5.91 Å². The smallest absolute Gasteiger partial charge is 0.348 e. The van der Waals surface area contributed by atoms with Gasteiger partial charge in [-0.05, 0) is 17.0 Å².